The Morgan fingerprint density at radius 3 is 2.35 bits per heavy atom. The molecular formula is C18H29NO4. The Hall–Kier alpha value is -1.46. The minimum Gasteiger partial charge on any atom is -0.496 e. The number of methoxy groups -OCH3 is 3. The zero-order valence-corrected chi connectivity index (χ0v) is 14.7. The number of aliphatic hydroxyl groups excluding tert-OH is 1. The van der Waals surface area contributed by atoms with Crippen molar-refractivity contribution in [1.29, 1.82) is 0 Å². The molecule has 1 saturated heterocycles. The second kappa shape index (κ2) is 8.41. The fourth-order valence-corrected chi connectivity index (χ4v) is 3.35. The van der Waals surface area contributed by atoms with E-state index in [1.807, 2.05) is 12.1 Å². The van der Waals surface area contributed by atoms with Crippen LogP contribution >= 0.6 is 0 Å². The molecule has 5 nitrogen and oxygen atoms in total. The molecule has 2 rings (SSSR count). The lowest BCUT2D eigenvalue weighted by molar-refractivity contribution is 0.0268. The van der Waals surface area contributed by atoms with Crippen LogP contribution in [0.3, 0.4) is 0 Å². The van der Waals surface area contributed by atoms with Gasteiger partial charge in [0, 0.05) is 25.1 Å². The predicted molar refractivity (Wildman–Crippen MR) is 90.6 cm³/mol. The van der Waals surface area contributed by atoms with Gasteiger partial charge in [-0.3, -0.25) is 0 Å². The third-order valence-corrected chi connectivity index (χ3v) is 4.59. The van der Waals surface area contributed by atoms with Gasteiger partial charge in [-0.2, -0.15) is 0 Å². The lowest BCUT2D eigenvalue weighted by Gasteiger charge is -2.36. The number of ether oxygens (including phenoxy) is 3. The molecule has 1 aliphatic heterocycles. The maximum absolute atomic E-state index is 10.4. The summed E-state index contributed by atoms with van der Waals surface area (Å²) in [5.74, 6) is 2.34. The minimum atomic E-state index is -0.263. The summed E-state index contributed by atoms with van der Waals surface area (Å²) in [7, 11) is 4.91. The van der Waals surface area contributed by atoms with Crippen LogP contribution in [0.15, 0.2) is 12.1 Å². The SMILES string of the molecule is CCCN1CCC(O)C(Cc2cc(OC)c(OC)cc2OC)C1. The van der Waals surface area contributed by atoms with Crippen LogP contribution in [-0.4, -0.2) is 57.1 Å². The number of likely N-dealkylation sites (tertiary alicyclic amines) is 1. The normalized spacial score (nSPS) is 22.0. The first-order valence-electron chi connectivity index (χ1n) is 8.32. The van der Waals surface area contributed by atoms with Crippen LogP contribution in [0.4, 0.5) is 0 Å². The number of benzene rings is 1. The standard InChI is InChI=1S/C18H29NO4/c1-5-7-19-8-6-15(20)14(12-19)9-13-10-17(22-3)18(23-4)11-16(13)21-2/h10-11,14-15,20H,5-9,12H2,1-4H3. The molecule has 1 aromatic carbocycles. The highest BCUT2D eigenvalue weighted by Gasteiger charge is 2.28. The molecule has 0 spiro atoms. The maximum atomic E-state index is 10.4. The van der Waals surface area contributed by atoms with Crippen molar-refractivity contribution in [2.24, 2.45) is 5.92 Å². The van der Waals surface area contributed by atoms with Crippen LogP contribution in [0.5, 0.6) is 17.2 Å². The molecule has 1 aromatic rings. The van der Waals surface area contributed by atoms with Crippen LogP contribution in [0, 0.1) is 5.92 Å². The lowest BCUT2D eigenvalue weighted by Crippen LogP contribution is -2.44. The molecule has 0 aromatic heterocycles. The molecule has 1 N–H and O–H groups in total. The molecule has 0 bridgehead atoms. The number of aliphatic hydroxyl groups is 1. The highest BCUT2D eigenvalue weighted by Crippen LogP contribution is 2.36. The van der Waals surface area contributed by atoms with Gasteiger partial charge in [0.15, 0.2) is 11.5 Å². The van der Waals surface area contributed by atoms with E-state index in [9.17, 15) is 5.11 Å². The molecule has 1 heterocycles. The Kier molecular flexibility index (Phi) is 6.54. The zero-order chi connectivity index (χ0) is 16.8. The van der Waals surface area contributed by atoms with Gasteiger partial charge >= 0.3 is 0 Å². The van der Waals surface area contributed by atoms with Gasteiger partial charge in [0.05, 0.1) is 27.4 Å². The molecule has 1 fully saturated rings. The number of nitrogens with zero attached hydrogens (tertiary/aromatic N) is 1. The number of hydrogen-bond acceptors (Lipinski definition) is 5. The van der Waals surface area contributed by atoms with Crippen LogP contribution in [0.1, 0.15) is 25.3 Å². The molecule has 23 heavy (non-hydrogen) atoms. The predicted octanol–water partition coefficient (Wildman–Crippen LogP) is 2.35. The molecule has 0 radical (unpaired) electrons. The van der Waals surface area contributed by atoms with Crippen molar-refractivity contribution in [2.75, 3.05) is 41.0 Å². The van der Waals surface area contributed by atoms with E-state index in [2.05, 4.69) is 11.8 Å². The summed E-state index contributed by atoms with van der Waals surface area (Å²) in [6.45, 7) is 5.19. The fraction of sp³-hybridized carbons (Fsp3) is 0.667. The quantitative estimate of drug-likeness (QED) is 0.835. The summed E-state index contributed by atoms with van der Waals surface area (Å²) in [6.07, 6.45) is 2.48. The van der Waals surface area contributed by atoms with E-state index >= 15 is 0 Å². The molecule has 0 aliphatic carbocycles. The highest BCUT2D eigenvalue weighted by atomic mass is 16.5. The molecule has 0 amide bonds. The third kappa shape index (κ3) is 4.30. The summed E-state index contributed by atoms with van der Waals surface area (Å²) >= 11 is 0. The number of rotatable bonds is 7. The Morgan fingerprint density at radius 2 is 1.74 bits per heavy atom. The summed E-state index contributed by atoms with van der Waals surface area (Å²) in [4.78, 5) is 2.44. The van der Waals surface area contributed by atoms with Crippen molar-refractivity contribution in [3.63, 3.8) is 0 Å². The Balaban J connectivity index is 2.20. The average molecular weight is 323 g/mol. The summed E-state index contributed by atoms with van der Waals surface area (Å²) in [5, 5.41) is 10.4. The number of hydrogen-bond donors (Lipinski definition) is 1. The van der Waals surface area contributed by atoms with Gasteiger partial charge < -0.3 is 24.2 Å². The first-order chi connectivity index (χ1) is 11.1. The van der Waals surface area contributed by atoms with Gasteiger partial charge in [-0.15, -0.1) is 0 Å². The summed E-state index contributed by atoms with van der Waals surface area (Å²) < 4.78 is 16.2. The van der Waals surface area contributed by atoms with Gasteiger partial charge in [-0.05, 0) is 37.4 Å². The lowest BCUT2D eigenvalue weighted by atomic mass is 9.88. The van der Waals surface area contributed by atoms with Crippen molar-refractivity contribution in [1.82, 2.24) is 4.90 Å². The van der Waals surface area contributed by atoms with Crippen LogP contribution in [-0.2, 0) is 6.42 Å². The molecular weight excluding hydrogens is 294 g/mol. The molecule has 2 unspecified atom stereocenters. The zero-order valence-electron chi connectivity index (χ0n) is 14.7. The van der Waals surface area contributed by atoms with E-state index in [1.165, 1.54) is 0 Å². The van der Waals surface area contributed by atoms with E-state index in [-0.39, 0.29) is 12.0 Å². The van der Waals surface area contributed by atoms with E-state index in [1.54, 1.807) is 21.3 Å². The van der Waals surface area contributed by atoms with Crippen LogP contribution < -0.4 is 14.2 Å². The summed E-state index contributed by atoms with van der Waals surface area (Å²) in [5.41, 5.74) is 1.05. The minimum absolute atomic E-state index is 0.210. The van der Waals surface area contributed by atoms with E-state index < -0.39 is 0 Å². The van der Waals surface area contributed by atoms with Crippen molar-refractivity contribution in [2.45, 2.75) is 32.3 Å². The Labute approximate surface area is 139 Å². The smallest absolute Gasteiger partial charge is 0.164 e. The largest absolute Gasteiger partial charge is 0.496 e. The monoisotopic (exact) mass is 323 g/mol. The van der Waals surface area contributed by atoms with Gasteiger partial charge in [-0.25, -0.2) is 0 Å². The molecule has 2 atom stereocenters. The van der Waals surface area contributed by atoms with Gasteiger partial charge in [0.25, 0.3) is 0 Å². The van der Waals surface area contributed by atoms with Crippen molar-refractivity contribution < 1.29 is 19.3 Å². The highest BCUT2D eigenvalue weighted by molar-refractivity contribution is 5.50. The van der Waals surface area contributed by atoms with E-state index in [0.29, 0.717) is 11.5 Å². The molecule has 130 valence electrons. The first-order valence-corrected chi connectivity index (χ1v) is 8.32. The first kappa shape index (κ1) is 17.9. The van der Waals surface area contributed by atoms with Crippen LogP contribution in [0.2, 0.25) is 0 Å². The topological polar surface area (TPSA) is 51.2 Å². The molecule has 1 aliphatic rings. The van der Waals surface area contributed by atoms with Crippen LogP contribution in [0.25, 0.3) is 0 Å². The molecule has 5 heteroatoms. The average Bonchev–Trinajstić information content (AvgIpc) is 2.57. The second-order valence-electron chi connectivity index (χ2n) is 6.14. The number of piperidine rings is 1. The Morgan fingerprint density at radius 1 is 1.09 bits per heavy atom. The maximum Gasteiger partial charge on any atom is 0.164 e. The van der Waals surface area contributed by atoms with Gasteiger partial charge in [0.1, 0.15) is 5.75 Å². The summed E-state index contributed by atoms with van der Waals surface area (Å²) in [6, 6.07) is 3.82. The Bertz CT molecular complexity index is 506. The van der Waals surface area contributed by atoms with E-state index in [4.69, 9.17) is 14.2 Å². The molecule has 0 saturated carbocycles. The van der Waals surface area contributed by atoms with Crippen molar-refractivity contribution in [3.8, 4) is 17.2 Å². The third-order valence-electron chi connectivity index (χ3n) is 4.59. The van der Waals surface area contributed by atoms with Gasteiger partial charge in [0.2, 0.25) is 0 Å². The second-order valence-corrected chi connectivity index (χ2v) is 6.14. The van der Waals surface area contributed by atoms with Crippen molar-refractivity contribution >= 4 is 0 Å². The van der Waals surface area contributed by atoms with E-state index in [0.717, 1.165) is 50.2 Å². The van der Waals surface area contributed by atoms with Gasteiger partial charge in [-0.1, -0.05) is 6.92 Å². The fourth-order valence-electron chi connectivity index (χ4n) is 3.35. The van der Waals surface area contributed by atoms with Crippen molar-refractivity contribution in [3.05, 3.63) is 17.7 Å².